The van der Waals surface area contributed by atoms with Crippen LogP contribution in [0.2, 0.25) is 0 Å². The highest BCUT2D eigenvalue weighted by Gasteiger charge is 2.44. The fourth-order valence-electron chi connectivity index (χ4n) is 9.39. The van der Waals surface area contributed by atoms with E-state index in [4.69, 9.17) is 9.26 Å². The second-order valence-corrected chi connectivity index (χ2v) is 27.6. The number of hydrogen-bond donors (Lipinski definition) is 2. The molecule has 1 aliphatic carbocycles. The normalized spacial score (nSPS) is 14.2. The first kappa shape index (κ1) is 51.5. The highest BCUT2D eigenvalue weighted by Crippen LogP contribution is 2.59. The van der Waals surface area contributed by atoms with Crippen molar-refractivity contribution in [3.8, 4) is 33.8 Å². The molecule has 0 heterocycles. The SMILES string of the molecule is CC(C)(C)c1ccc(OC(=O)c2c3c(C(C)(C)C)c(OP(O)O)c(C(C)(C)C)c2-c2c(cc(C(C)(C)C)cc2C(C)(C)C)Cc2cc(C(C)(C)C)cc(C(C)(C)C)c2-3)c(C(C)(C)C)c1. The molecule has 0 spiro atoms. The summed E-state index contributed by atoms with van der Waals surface area (Å²) in [5.74, 6) is 0.498. The minimum atomic E-state index is -2.87. The van der Waals surface area contributed by atoms with Crippen molar-refractivity contribution in [2.24, 2.45) is 0 Å². The lowest BCUT2D eigenvalue weighted by Crippen LogP contribution is -2.29. The minimum absolute atomic E-state index is 0.115. The van der Waals surface area contributed by atoms with E-state index < -0.39 is 25.4 Å². The molecule has 64 heavy (non-hydrogen) atoms. The molecule has 0 aliphatic heterocycles. The van der Waals surface area contributed by atoms with Gasteiger partial charge in [0.1, 0.15) is 11.5 Å². The van der Waals surface area contributed by atoms with Gasteiger partial charge in [-0.05, 0) is 106 Å². The number of benzene rings is 4. The van der Waals surface area contributed by atoms with Gasteiger partial charge in [-0.25, -0.2) is 4.79 Å². The van der Waals surface area contributed by atoms with Crippen molar-refractivity contribution >= 4 is 14.6 Å². The molecule has 4 aromatic rings. The van der Waals surface area contributed by atoms with E-state index in [2.05, 4.69) is 203 Å². The largest absolute Gasteiger partial charge is 0.426 e. The number of carbonyl (C=O) groups is 1. The van der Waals surface area contributed by atoms with Crippen LogP contribution in [0.3, 0.4) is 0 Å². The van der Waals surface area contributed by atoms with Crippen molar-refractivity contribution in [2.75, 3.05) is 0 Å². The summed E-state index contributed by atoms with van der Waals surface area (Å²) < 4.78 is 13.5. The summed E-state index contributed by atoms with van der Waals surface area (Å²) in [6.07, 6.45) is 0.625. The molecule has 6 heteroatoms. The Balaban J connectivity index is 2.27. The van der Waals surface area contributed by atoms with Crippen molar-refractivity contribution in [3.63, 3.8) is 0 Å². The maximum absolute atomic E-state index is 16.4. The zero-order valence-electron chi connectivity index (χ0n) is 44.3. The first-order valence-electron chi connectivity index (χ1n) is 23.4. The summed E-state index contributed by atoms with van der Waals surface area (Å²) in [4.78, 5) is 38.5. The zero-order valence-corrected chi connectivity index (χ0v) is 45.2. The van der Waals surface area contributed by atoms with Crippen LogP contribution in [0.25, 0.3) is 22.3 Å². The molecule has 2 N–H and O–H groups in total. The smallest absolute Gasteiger partial charge is 0.391 e. The summed E-state index contributed by atoms with van der Waals surface area (Å²) in [6, 6.07) is 15.7. The van der Waals surface area contributed by atoms with Crippen LogP contribution in [-0.2, 0) is 49.7 Å². The summed E-state index contributed by atoms with van der Waals surface area (Å²) in [7, 11) is -2.87. The second-order valence-electron chi connectivity index (χ2n) is 26.9. The lowest BCUT2D eigenvalue weighted by atomic mass is 9.64. The number of esters is 1. The summed E-state index contributed by atoms with van der Waals surface area (Å²) in [5, 5.41) is 0. The van der Waals surface area contributed by atoms with E-state index in [1.807, 2.05) is 6.07 Å². The van der Waals surface area contributed by atoms with Gasteiger partial charge in [0.05, 0.1) is 5.56 Å². The third kappa shape index (κ3) is 10.2. The van der Waals surface area contributed by atoms with Gasteiger partial charge in [0.25, 0.3) is 0 Å². The Bertz CT molecular complexity index is 2340. The third-order valence-corrected chi connectivity index (χ3v) is 13.2. The second kappa shape index (κ2) is 16.4. The number of fused-ring (bicyclic) bond motifs is 6. The molecule has 2 bridgehead atoms. The summed E-state index contributed by atoms with van der Waals surface area (Å²) in [6.45, 7) is 53.0. The van der Waals surface area contributed by atoms with Gasteiger partial charge in [0, 0.05) is 27.8 Å². The lowest BCUT2D eigenvalue weighted by Gasteiger charge is -2.41. The number of rotatable bonds is 4. The monoisotopic (exact) mass is 891 g/mol. The molecule has 1 aliphatic rings. The van der Waals surface area contributed by atoms with E-state index in [1.165, 1.54) is 16.7 Å². The number of carbonyl (C=O) groups excluding carboxylic acids is 1. The molecule has 0 aromatic heterocycles. The van der Waals surface area contributed by atoms with Crippen LogP contribution < -0.4 is 9.26 Å². The van der Waals surface area contributed by atoms with Crippen LogP contribution in [0.15, 0.2) is 42.5 Å². The van der Waals surface area contributed by atoms with Crippen LogP contribution in [-0.4, -0.2) is 15.8 Å². The Kier molecular flexibility index (Phi) is 13.2. The lowest BCUT2D eigenvalue weighted by molar-refractivity contribution is 0.0733. The Morgan fingerprint density at radius 3 is 1.12 bits per heavy atom. The third-order valence-electron chi connectivity index (χ3n) is 12.9. The van der Waals surface area contributed by atoms with E-state index in [1.54, 1.807) is 0 Å². The summed E-state index contributed by atoms with van der Waals surface area (Å²) >= 11 is 0. The average Bonchev–Trinajstić information content (AvgIpc) is 3.06. The highest BCUT2D eigenvalue weighted by molar-refractivity contribution is 7.39. The predicted octanol–water partition coefficient (Wildman–Crippen LogP) is 16.1. The van der Waals surface area contributed by atoms with Crippen LogP contribution >= 0.6 is 8.60 Å². The Morgan fingerprint density at radius 2 is 0.812 bits per heavy atom. The zero-order chi connectivity index (χ0) is 49.0. The van der Waals surface area contributed by atoms with Gasteiger partial charge in [0.15, 0.2) is 0 Å². The molecule has 0 fully saturated rings. The number of hydrogen-bond acceptors (Lipinski definition) is 5. The van der Waals surface area contributed by atoms with E-state index in [-0.39, 0.29) is 32.5 Å². The van der Waals surface area contributed by atoms with Crippen molar-refractivity contribution in [2.45, 2.75) is 216 Å². The average molecular weight is 891 g/mol. The van der Waals surface area contributed by atoms with E-state index in [0.29, 0.717) is 23.5 Å². The van der Waals surface area contributed by atoms with E-state index >= 15 is 4.79 Å². The fraction of sp³-hybridized carbons (Fsp3) is 0.569. The van der Waals surface area contributed by atoms with Crippen LogP contribution in [0.1, 0.15) is 232 Å². The Hall–Kier alpha value is -3.50. The molecule has 0 saturated heterocycles. The molecule has 4 aromatic carbocycles. The van der Waals surface area contributed by atoms with Crippen molar-refractivity contribution in [1.82, 2.24) is 0 Å². The molecule has 350 valence electrons. The van der Waals surface area contributed by atoms with E-state index in [0.717, 1.165) is 61.2 Å². The molecular formula is C58H83O5P. The first-order chi connectivity index (χ1) is 28.6. The van der Waals surface area contributed by atoms with E-state index in [9.17, 15) is 9.79 Å². The molecule has 0 atom stereocenters. The molecular weight excluding hydrogens is 808 g/mol. The molecule has 0 amide bonds. The van der Waals surface area contributed by atoms with Crippen LogP contribution in [0.5, 0.6) is 11.5 Å². The van der Waals surface area contributed by atoms with Gasteiger partial charge >= 0.3 is 14.6 Å². The predicted molar refractivity (Wildman–Crippen MR) is 273 cm³/mol. The Morgan fingerprint density at radius 1 is 0.453 bits per heavy atom. The van der Waals surface area contributed by atoms with Gasteiger partial charge in [-0.2, -0.15) is 0 Å². The van der Waals surface area contributed by atoms with Gasteiger partial charge in [0.2, 0.25) is 0 Å². The maximum atomic E-state index is 16.4. The van der Waals surface area contributed by atoms with Gasteiger partial charge in [-0.3, -0.25) is 0 Å². The van der Waals surface area contributed by atoms with Crippen LogP contribution in [0, 0.1) is 0 Å². The van der Waals surface area contributed by atoms with Crippen LogP contribution in [0.4, 0.5) is 0 Å². The van der Waals surface area contributed by atoms with Gasteiger partial charge in [-0.1, -0.05) is 203 Å². The van der Waals surface area contributed by atoms with Crippen molar-refractivity contribution < 1.29 is 23.8 Å². The highest BCUT2D eigenvalue weighted by atomic mass is 31.2. The minimum Gasteiger partial charge on any atom is -0.426 e. The molecule has 0 saturated carbocycles. The van der Waals surface area contributed by atoms with Gasteiger partial charge < -0.3 is 19.0 Å². The molecule has 0 radical (unpaired) electrons. The molecule has 0 unspecified atom stereocenters. The number of ether oxygens (including phenoxy) is 1. The maximum Gasteiger partial charge on any atom is 0.391 e. The summed E-state index contributed by atoms with van der Waals surface area (Å²) in [5.41, 5.74) is 11.5. The van der Waals surface area contributed by atoms with Crippen molar-refractivity contribution in [1.29, 1.82) is 0 Å². The van der Waals surface area contributed by atoms with Crippen molar-refractivity contribution in [3.05, 3.63) is 104 Å². The molecule has 5 rings (SSSR count). The van der Waals surface area contributed by atoms with Gasteiger partial charge in [-0.15, -0.1) is 0 Å². The molecule has 5 nitrogen and oxygen atoms in total. The Labute approximate surface area is 390 Å². The fourth-order valence-corrected chi connectivity index (χ4v) is 9.73. The topological polar surface area (TPSA) is 76.0 Å². The first-order valence-corrected chi connectivity index (χ1v) is 24.6. The quantitative estimate of drug-likeness (QED) is 0.107. The standard InChI is InChI=1S/C58H83O5P/c1-51(2,3)35-25-26-41(38(30-35)54(10,11)12)62-50(59)46-44-42-33(28-36(52(4,5)6)31-39(42)55(13,14)15)27-34-29-37(53(7,8)9)32-40(56(16,17)18)43(34)45(46)48(58(22,23)24)49(63-64(60)61)47(44)57(19,20)21/h25-26,28-32,60-61H,27H2,1-24H3.